The van der Waals surface area contributed by atoms with Crippen molar-refractivity contribution in [3.63, 3.8) is 0 Å². The van der Waals surface area contributed by atoms with E-state index in [-0.39, 0.29) is 19.1 Å². The van der Waals surface area contributed by atoms with E-state index in [0.717, 1.165) is 38.5 Å². The molecule has 0 saturated carbocycles. The molecule has 0 aliphatic rings. The Morgan fingerprint density at radius 3 is 1.26 bits per heavy atom. The van der Waals surface area contributed by atoms with Gasteiger partial charge in [-0.2, -0.15) is 0 Å². The van der Waals surface area contributed by atoms with Crippen LogP contribution in [0.15, 0.2) is 12.2 Å². The summed E-state index contributed by atoms with van der Waals surface area (Å²) < 4.78 is 23.7. The molecule has 0 fully saturated rings. The second-order valence-corrected chi connectivity index (χ2v) is 21.1. The number of carbonyl (C=O) groups excluding carboxylic acids is 1. The zero-order valence-electron chi connectivity index (χ0n) is 41.4. The van der Waals surface area contributed by atoms with Crippen molar-refractivity contribution < 1.29 is 32.9 Å². The van der Waals surface area contributed by atoms with Crippen molar-refractivity contribution in [2.75, 3.05) is 40.9 Å². The van der Waals surface area contributed by atoms with Crippen LogP contribution in [-0.4, -0.2) is 73.4 Å². The van der Waals surface area contributed by atoms with Gasteiger partial charge in [-0.3, -0.25) is 13.8 Å². The van der Waals surface area contributed by atoms with Crippen LogP contribution in [0.3, 0.4) is 0 Å². The zero-order valence-corrected chi connectivity index (χ0v) is 42.3. The van der Waals surface area contributed by atoms with Crippen LogP contribution in [0, 0.1) is 0 Å². The van der Waals surface area contributed by atoms with Crippen molar-refractivity contribution >= 4 is 13.7 Å². The van der Waals surface area contributed by atoms with Gasteiger partial charge in [-0.1, -0.05) is 231 Å². The maximum absolute atomic E-state index is 12.9. The minimum absolute atomic E-state index is 0.0766. The molecular formula is C52H106N2O6P+. The molecular weight excluding hydrogens is 780 g/mol. The Bertz CT molecular complexity index is 1000. The van der Waals surface area contributed by atoms with Crippen molar-refractivity contribution in [3.05, 3.63) is 12.2 Å². The van der Waals surface area contributed by atoms with Crippen LogP contribution in [-0.2, 0) is 18.4 Å². The van der Waals surface area contributed by atoms with E-state index in [1.807, 2.05) is 21.1 Å². The first-order valence-electron chi connectivity index (χ1n) is 26.6. The number of nitrogens with zero attached hydrogens (tertiary/aromatic N) is 1. The van der Waals surface area contributed by atoms with Gasteiger partial charge in [-0.15, -0.1) is 0 Å². The smallest absolute Gasteiger partial charge is 0.391 e. The summed E-state index contributed by atoms with van der Waals surface area (Å²) in [4.78, 5) is 23.2. The largest absolute Gasteiger partial charge is 0.472 e. The topological polar surface area (TPSA) is 105 Å². The molecule has 0 radical (unpaired) electrons. The summed E-state index contributed by atoms with van der Waals surface area (Å²) in [6.07, 6.45) is 52.6. The van der Waals surface area contributed by atoms with E-state index in [4.69, 9.17) is 9.05 Å². The molecule has 0 rings (SSSR count). The zero-order chi connectivity index (χ0) is 45.0. The summed E-state index contributed by atoms with van der Waals surface area (Å²) >= 11 is 0. The Hall–Kier alpha value is -0.760. The van der Waals surface area contributed by atoms with Gasteiger partial charge in [-0.05, 0) is 38.5 Å². The molecule has 0 spiro atoms. The normalized spacial score (nSPS) is 14.1. The number of amides is 1. The average molecular weight is 886 g/mol. The van der Waals surface area contributed by atoms with Gasteiger partial charge in [0.15, 0.2) is 0 Å². The van der Waals surface area contributed by atoms with Crippen LogP contribution in [0.1, 0.15) is 264 Å². The number of allylic oxidation sites excluding steroid dienone is 2. The highest BCUT2D eigenvalue weighted by Crippen LogP contribution is 2.43. The number of unbranched alkanes of at least 4 members (excludes halogenated alkanes) is 34. The predicted molar refractivity (Wildman–Crippen MR) is 263 cm³/mol. The fourth-order valence-electron chi connectivity index (χ4n) is 8.04. The third-order valence-corrected chi connectivity index (χ3v) is 13.2. The molecule has 0 aliphatic heterocycles. The molecule has 0 saturated heterocycles. The van der Waals surface area contributed by atoms with Crippen LogP contribution in [0.5, 0.6) is 0 Å². The molecule has 0 aromatic heterocycles. The predicted octanol–water partition coefficient (Wildman–Crippen LogP) is 15.5. The molecule has 0 aromatic rings. The summed E-state index contributed by atoms with van der Waals surface area (Å²) in [7, 11) is 1.62. The Morgan fingerprint density at radius 1 is 0.541 bits per heavy atom. The Balaban J connectivity index is 4.11. The molecule has 61 heavy (non-hydrogen) atoms. The number of carbonyl (C=O) groups is 1. The molecule has 3 atom stereocenters. The third-order valence-electron chi connectivity index (χ3n) is 12.3. The van der Waals surface area contributed by atoms with E-state index in [2.05, 4.69) is 31.3 Å². The van der Waals surface area contributed by atoms with Crippen molar-refractivity contribution in [1.29, 1.82) is 0 Å². The van der Waals surface area contributed by atoms with Gasteiger partial charge in [0.2, 0.25) is 5.91 Å². The van der Waals surface area contributed by atoms with Crippen LogP contribution in [0.25, 0.3) is 0 Å². The highest BCUT2D eigenvalue weighted by Gasteiger charge is 2.28. The maximum Gasteiger partial charge on any atom is 0.472 e. The fourth-order valence-corrected chi connectivity index (χ4v) is 8.78. The van der Waals surface area contributed by atoms with E-state index in [0.29, 0.717) is 23.9 Å². The SMILES string of the molecule is CCCCCCCCCCCCCC/C=C\CCCCCCCCCCCCC(=O)NC(COP(=O)(O)OCC[N+](C)(C)C)C(O)CCCCCCCCCCCCCCC. The fraction of sp³-hybridized carbons (Fsp3) is 0.942. The van der Waals surface area contributed by atoms with Gasteiger partial charge < -0.3 is 19.8 Å². The third kappa shape index (κ3) is 47.0. The molecule has 364 valence electrons. The highest BCUT2D eigenvalue weighted by molar-refractivity contribution is 7.47. The molecule has 0 heterocycles. The number of rotatable bonds is 49. The van der Waals surface area contributed by atoms with Gasteiger partial charge in [0.05, 0.1) is 39.9 Å². The van der Waals surface area contributed by atoms with E-state index < -0.39 is 20.0 Å². The summed E-state index contributed by atoms with van der Waals surface area (Å²) in [5.74, 6) is -0.143. The monoisotopic (exact) mass is 886 g/mol. The number of hydrogen-bond acceptors (Lipinski definition) is 5. The number of nitrogens with one attached hydrogen (secondary N) is 1. The van der Waals surface area contributed by atoms with Gasteiger partial charge in [0.1, 0.15) is 13.2 Å². The molecule has 3 N–H and O–H groups in total. The van der Waals surface area contributed by atoms with Gasteiger partial charge in [-0.25, -0.2) is 4.57 Å². The Labute approximate surface area is 380 Å². The number of likely N-dealkylation sites (N-methyl/N-ethyl adjacent to an activating group) is 1. The number of quaternary nitrogens is 1. The molecule has 0 bridgehead atoms. The van der Waals surface area contributed by atoms with Gasteiger partial charge in [0.25, 0.3) is 0 Å². The van der Waals surface area contributed by atoms with E-state index in [1.165, 1.54) is 199 Å². The lowest BCUT2D eigenvalue weighted by atomic mass is 10.0. The summed E-state index contributed by atoms with van der Waals surface area (Å²) in [6, 6.07) is -0.757. The van der Waals surface area contributed by atoms with Crippen LogP contribution < -0.4 is 5.32 Å². The summed E-state index contributed by atoms with van der Waals surface area (Å²) in [5, 5.41) is 14.0. The minimum atomic E-state index is -4.31. The second kappa shape index (κ2) is 44.4. The van der Waals surface area contributed by atoms with E-state index in [1.54, 1.807) is 0 Å². The minimum Gasteiger partial charge on any atom is -0.391 e. The van der Waals surface area contributed by atoms with Gasteiger partial charge >= 0.3 is 7.82 Å². The van der Waals surface area contributed by atoms with Crippen LogP contribution >= 0.6 is 7.82 Å². The van der Waals surface area contributed by atoms with Crippen LogP contribution in [0.4, 0.5) is 0 Å². The lowest BCUT2D eigenvalue weighted by Gasteiger charge is -2.26. The molecule has 0 aliphatic carbocycles. The van der Waals surface area contributed by atoms with Crippen LogP contribution in [0.2, 0.25) is 0 Å². The number of aliphatic hydroxyl groups excluding tert-OH is 1. The number of phosphoric acid groups is 1. The first kappa shape index (κ1) is 60.2. The number of aliphatic hydroxyl groups is 1. The first-order valence-corrected chi connectivity index (χ1v) is 28.0. The molecule has 9 heteroatoms. The Morgan fingerprint density at radius 2 is 0.885 bits per heavy atom. The molecule has 3 unspecified atom stereocenters. The lowest BCUT2D eigenvalue weighted by Crippen LogP contribution is -2.46. The second-order valence-electron chi connectivity index (χ2n) is 19.6. The van der Waals surface area contributed by atoms with Crippen molar-refractivity contribution in [3.8, 4) is 0 Å². The number of hydrogen-bond donors (Lipinski definition) is 3. The lowest BCUT2D eigenvalue weighted by molar-refractivity contribution is -0.870. The molecule has 8 nitrogen and oxygen atoms in total. The molecule has 0 aromatic carbocycles. The highest BCUT2D eigenvalue weighted by atomic mass is 31.2. The molecule has 1 amide bonds. The standard InChI is InChI=1S/C52H105N2O6P/c1-6-8-10-12-14-16-18-20-21-22-23-24-25-26-27-28-29-30-31-32-34-36-38-40-42-44-46-52(56)53-50(49-60-61(57,58)59-48-47-54(3,4)5)51(55)45-43-41-39-37-35-33-19-17-15-13-11-9-7-2/h26-27,50-51,55H,6-25,28-49H2,1-5H3,(H-,53,56,57,58)/p+1/b27-26-. The average Bonchev–Trinajstić information content (AvgIpc) is 3.21. The van der Waals surface area contributed by atoms with Crippen molar-refractivity contribution in [2.45, 2.75) is 276 Å². The Kier molecular flexibility index (Phi) is 43.9. The van der Waals surface area contributed by atoms with E-state index >= 15 is 0 Å². The van der Waals surface area contributed by atoms with Gasteiger partial charge in [0, 0.05) is 6.42 Å². The quantitative estimate of drug-likeness (QED) is 0.0243. The van der Waals surface area contributed by atoms with Crippen molar-refractivity contribution in [1.82, 2.24) is 5.32 Å². The van der Waals surface area contributed by atoms with Crippen molar-refractivity contribution in [2.24, 2.45) is 0 Å². The number of phosphoric ester groups is 1. The first-order chi connectivity index (χ1) is 29.5. The summed E-state index contributed by atoms with van der Waals surface area (Å²) in [6.45, 7) is 4.91. The maximum atomic E-state index is 12.9. The summed E-state index contributed by atoms with van der Waals surface area (Å²) in [5.41, 5.74) is 0. The van der Waals surface area contributed by atoms with E-state index in [9.17, 15) is 19.4 Å².